The lowest BCUT2D eigenvalue weighted by atomic mass is 10.2. The SMILES string of the molecule is CC(C)N(C)c1ccc(-c2nnc(-c3cc(F)c(OCC4COC(C)(C)N4C(=O)O)cc3Cl)s2)cn1. The Morgan fingerprint density at radius 3 is 2.72 bits per heavy atom. The van der Waals surface area contributed by atoms with Crippen molar-refractivity contribution in [2.75, 3.05) is 25.2 Å². The fourth-order valence-electron chi connectivity index (χ4n) is 3.82. The number of anilines is 1. The zero-order chi connectivity index (χ0) is 26.2. The standard InChI is InChI=1S/C24H27ClFN5O4S/c1-13(2)30(5)20-7-6-14(10-27-20)21-28-29-22(36-21)16-8-18(26)19(9-17(16)25)34-11-15-12-35-24(3,4)31(15)23(32)33/h6-10,13,15H,11-12H2,1-5H3,(H,32,33). The summed E-state index contributed by atoms with van der Waals surface area (Å²) >= 11 is 7.71. The molecule has 12 heteroatoms. The Bertz CT molecular complexity index is 1250. The summed E-state index contributed by atoms with van der Waals surface area (Å²) in [5.74, 6) is 0.116. The molecule has 4 rings (SSSR count). The second-order valence-corrected chi connectivity index (χ2v) is 10.5. The molecule has 9 nitrogen and oxygen atoms in total. The summed E-state index contributed by atoms with van der Waals surface area (Å²) in [5, 5.41) is 19.2. The van der Waals surface area contributed by atoms with Crippen LogP contribution in [0.3, 0.4) is 0 Å². The van der Waals surface area contributed by atoms with E-state index in [1.807, 2.05) is 19.2 Å². The molecule has 0 radical (unpaired) electrons. The summed E-state index contributed by atoms with van der Waals surface area (Å²) in [6.07, 6.45) is 0.593. The van der Waals surface area contributed by atoms with E-state index >= 15 is 0 Å². The molecule has 3 heterocycles. The molecule has 1 atom stereocenters. The van der Waals surface area contributed by atoms with E-state index in [-0.39, 0.29) is 24.0 Å². The summed E-state index contributed by atoms with van der Waals surface area (Å²) in [6, 6.07) is 6.16. The molecular weight excluding hydrogens is 509 g/mol. The maximum atomic E-state index is 14.9. The number of benzene rings is 1. The Hall–Kier alpha value is -3.02. The van der Waals surface area contributed by atoms with E-state index in [1.165, 1.54) is 23.5 Å². The highest BCUT2D eigenvalue weighted by molar-refractivity contribution is 7.18. The van der Waals surface area contributed by atoms with Crippen molar-refractivity contribution in [3.05, 3.63) is 41.3 Å². The molecule has 1 saturated heterocycles. The van der Waals surface area contributed by atoms with Gasteiger partial charge in [-0.25, -0.2) is 14.2 Å². The highest BCUT2D eigenvalue weighted by atomic mass is 35.5. The summed E-state index contributed by atoms with van der Waals surface area (Å²) in [4.78, 5) is 19.3. The van der Waals surface area contributed by atoms with E-state index in [9.17, 15) is 14.3 Å². The second-order valence-electron chi connectivity index (χ2n) is 9.16. The highest BCUT2D eigenvalue weighted by Gasteiger charge is 2.44. The van der Waals surface area contributed by atoms with Gasteiger partial charge in [0, 0.05) is 36.5 Å². The van der Waals surface area contributed by atoms with Crippen LogP contribution < -0.4 is 9.64 Å². The number of aromatic nitrogens is 3. The maximum absolute atomic E-state index is 14.9. The normalized spacial score (nSPS) is 17.0. The lowest BCUT2D eigenvalue weighted by Crippen LogP contribution is -2.49. The van der Waals surface area contributed by atoms with Gasteiger partial charge in [-0.15, -0.1) is 10.2 Å². The molecule has 1 aromatic carbocycles. The monoisotopic (exact) mass is 535 g/mol. The number of hydrogen-bond acceptors (Lipinski definition) is 8. The van der Waals surface area contributed by atoms with Crippen LogP contribution in [0.5, 0.6) is 5.75 Å². The van der Waals surface area contributed by atoms with Crippen molar-refractivity contribution in [1.29, 1.82) is 0 Å². The third-order valence-electron chi connectivity index (χ3n) is 6.02. The van der Waals surface area contributed by atoms with Crippen LogP contribution >= 0.6 is 22.9 Å². The fourth-order valence-corrected chi connectivity index (χ4v) is 4.98. The van der Waals surface area contributed by atoms with Gasteiger partial charge in [-0.1, -0.05) is 22.9 Å². The molecule has 192 valence electrons. The van der Waals surface area contributed by atoms with Crippen LogP contribution in [-0.2, 0) is 4.74 Å². The van der Waals surface area contributed by atoms with Crippen LogP contribution in [0.1, 0.15) is 27.7 Å². The second kappa shape index (κ2) is 10.2. The summed E-state index contributed by atoms with van der Waals surface area (Å²) in [6.45, 7) is 7.53. The van der Waals surface area contributed by atoms with Crippen molar-refractivity contribution in [2.24, 2.45) is 0 Å². The molecule has 3 aromatic rings. The molecule has 36 heavy (non-hydrogen) atoms. The minimum absolute atomic E-state index is 0.0831. The zero-order valence-electron chi connectivity index (χ0n) is 20.5. The van der Waals surface area contributed by atoms with E-state index in [1.54, 1.807) is 20.0 Å². The van der Waals surface area contributed by atoms with Crippen molar-refractivity contribution in [2.45, 2.75) is 45.5 Å². The molecule has 1 fully saturated rings. The number of carboxylic acid groups (broad SMARTS) is 1. The Morgan fingerprint density at radius 1 is 1.36 bits per heavy atom. The number of carbonyl (C=O) groups is 1. The lowest BCUT2D eigenvalue weighted by molar-refractivity contribution is -0.0430. The van der Waals surface area contributed by atoms with Gasteiger partial charge in [-0.3, -0.25) is 4.90 Å². The predicted molar refractivity (Wildman–Crippen MR) is 136 cm³/mol. The van der Waals surface area contributed by atoms with Crippen LogP contribution in [0.2, 0.25) is 5.02 Å². The quantitative estimate of drug-likeness (QED) is 0.429. The van der Waals surface area contributed by atoms with E-state index < -0.39 is 23.7 Å². The lowest BCUT2D eigenvalue weighted by Gasteiger charge is -2.30. The molecular formula is C24H27ClFN5O4S. The topological polar surface area (TPSA) is 101 Å². The number of pyridine rings is 1. The molecule has 1 aliphatic rings. The smallest absolute Gasteiger partial charge is 0.410 e. The van der Waals surface area contributed by atoms with Crippen molar-refractivity contribution in [3.63, 3.8) is 0 Å². The molecule has 2 aromatic heterocycles. The Morgan fingerprint density at radius 2 is 2.08 bits per heavy atom. The van der Waals surface area contributed by atoms with Crippen molar-refractivity contribution in [3.8, 4) is 26.9 Å². The Labute approximate surface area is 217 Å². The number of amides is 1. The van der Waals surface area contributed by atoms with E-state index in [4.69, 9.17) is 21.1 Å². The van der Waals surface area contributed by atoms with Crippen LogP contribution in [0.4, 0.5) is 15.0 Å². The summed E-state index contributed by atoms with van der Waals surface area (Å²) in [7, 11) is 1.98. The first-order valence-corrected chi connectivity index (χ1v) is 12.5. The first-order valence-electron chi connectivity index (χ1n) is 11.3. The minimum Gasteiger partial charge on any atom is -0.488 e. The van der Waals surface area contributed by atoms with Gasteiger partial charge in [-0.2, -0.15) is 0 Å². The Kier molecular flexibility index (Phi) is 7.35. The first kappa shape index (κ1) is 26.1. The zero-order valence-corrected chi connectivity index (χ0v) is 22.1. The highest BCUT2D eigenvalue weighted by Crippen LogP contribution is 2.37. The van der Waals surface area contributed by atoms with Gasteiger partial charge in [0.25, 0.3) is 0 Å². The van der Waals surface area contributed by atoms with Crippen LogP contribution in [0.15, 0.2) is 30.5 Å². The van der Waals surface area contributed by atoms with E-state index in [0.717, 1.165) is 16.3 Å². The van der Waals surface area contributed by atoms with Crippen molar-refractivity contribution >= 4 is 34.8 Å². The third kappa shape index (κ3) is 5.23. The van der Waals surface area contributed by atoms with Gasteiger partial charge in [-0.05, 0) is 45.9 Å². The van der Waals surface area contributed by atoms with Gasteiger partial charge in [0.1, 0.15) is 28.2 Å². The summed E-state index contributed by atoms with van der Waals surface area (Å²) in [5.41, 5.74) is 0.183. The molecule has 1 amide bonds. The predicted octanol–water partition coefficient (Wildman–Crippen LogP) is 5.40. The van der Waals surface area contributed by atoms with Gasteiger partial charge < -0.3 is 19.5 Å². The number of halogens is 2. The van der Waals surface area contributed by atoms with Gasteiger partial charge in [0.2, 0.25) is 0 Å². The number of hydrogen-bond donors (Lipinski definition) is 1. The van der Waals surface area contributed by atoms with Crippen molar-refractivity contribution in [1.82, 2.24) is 20.1 Å². The molecule has 0 bridgehead atoms. The number of nitrogens with zero attached hydrogens (tertiary/aromatic N) is 5. The van der Waals surface area contributed by atoms with E-state index in [2.05, 4.69) is 33.9 Å². The van der Waals surface area contributed by atoms with Crippen LogP contribution in [-0.4, -0.2) is 69.4 Å². The third-order valence-corrected chi connectivity index (χ3v) is 7.34. The van der Waals surface area contributed by atoms with Crippen LogP contribution in [0.25, 0.3) is 21.1 Å². The maximum Gasteiger partial charge on any atom is 0.410 e. The van der Waals surface area contributed by atoms with Crippen molar-refractivity contribution < 1.29 is 23.8 Å². The Balaban J connectivity index is 1.49. The molecule has 1 N–H and O–H groups in total. The van der Waals surface area contributed by atoms with Gasteiger partial charge in [0.05, 0.1) is 17.7 Å². The first-order chi connectivity index (χ1) is 17.0. The molecule has 0 saturated carbocycles. The molecule has 0 aliphatic carbocycles. The molecule has 1 unspecified atom stereocenters. The fraction of sp³-hybridized carbons (Fsp3) is 0.417. The largest absolute Gasteiger partial charge is 0.488 e. The molecule has 1 aliphatic heterocycles. The summed E-state index contributed by atoms with van der Waals surface area (Å²) < 4.78 is 26.0. The number of rotatable bonds is 7. The average Bonchev–Trinajstić information content (AvgIpc) is 3.43. The minimum atomic E-state index is -1.14. The van der Waals surface area contributed by atoms with E-state index in [0.29, 0.717) is 21.6 Å². The van der Waals surface area contributed by atoms with Gasteiger partial charge in [0.15, 0.2) is 11.6 Å². The van der Waals surface area contributed by atoms with Gasteiger partial charge >= 0.3 is 6.09 Å². The number of ether oxygens (including phenoxy) is 2. The van der Waals surface area contributed by atoms with Crippen LogP contribution in [0, 0.1) is 5.82 Å². The molecule has 0 spiro atoms. The average molecular weight is 536 g/mol.